The molecule has 0 amide bonds. The third-order valence-corrected chi connectivity index (χ3v) is 4.74. The molecule has 2 aliphatic rings. The second-order valence-electron chi connectivity index (χ2n) is 6.26. The molecule has 0 saturated carbocycles. The molecular formula is C16H23FN2O2. The van der Waals surface area contributed by atoms with Crippen LogP contribution in [0.4, 0.5) is 4.39 Å². The summed E-state index contributed by atoms with van der Waals surface area (Å²) >= 11 is 0. The largest absolute Gasteiger partial charge is 0.378 e. The molecule has 0 aromatic heterocycles. The first kappa shape index (κ1) is 14.9. The maximum Gasteiger partial charge on any atom is 0.128 e. The monoisotopic (exact) mass is 294 g/mol. The van der Waals surface area contributed by atoms with E-state index in [9.17, 15) is 4.39 Å². The van der Waals surface area contributed by atoms with E-state index in [0.717, 1.165) is 31.4 Å². The smallest absolute Gasteiger partial charge is 0.128 e. The third kappa shape index (κ3) is 2.97. The molecule has 2 fully saturated rings. The zero-order chi connectivity index (χ0) is 14.9. The lowest BCUT2D eigenvalue weighted by Gasteiger charge is -2.40. The number of hydrogen-bond donors (Lipinski definition) is 2. The van der Waals surface area contributed by atoms with Crippen LogP contribution in [0, 0.1) is 18.7 Å². The lowest BCUT2D eigenvalue weighted by atomic mass is 9.79. The number of hydrazine groups is 1. The van der Waals surface area contributed by atoms with Crippen molar-refractivity contribution in [2.45, 2.75) is 37.8 Å². The van der Waals surface area contributed by atoms with Gasteiger partial charge in [0.2, 0.25) is 0 Å². The van der Waals surface area contributed by atoms with E-state index in [1.54, 1.807) is 6.07 Å². The van der Waals surface area contributed by atoms with E-state index in [4.69, 9.17) is 15.3 Å². The van der Waals surface area contributed by atoms with E-state index in [2.05, 4.69) is 5.43 Å². The lowest BCUT2D eigenvalue weighted by molar-refractivity contribution is -0.103. The Morgan fingerprint density at radius 3 is 3.00 bits per heavy atom. The predicted octanol–water partition coefficient (Wildman–Crippen LogP) is 2.22. The molecule has 1 aromatic carbocycles. The molecule has 2 saturated heterocycles. The molecule has 4 nitrogen and oxygen atoms in total. The SMILES string of the molecule is Cc1ccc(F)c(C(NN)C2CCOC3(CCOC3)C2)c1. The van der Waals surface area contributed by atoms with Gasteiger partial charge in [-0.1, -0.05) is 17.7 Å². The Morgan fingerprint density at radius 1 is 1.43 bits per heavy atom. The highest BCUT2D eigenvalue weighted by Gasteiger charge is 2.43. The summed E-state index contributed by atoms with van der Waals surface area (Å²) in [5, 5.41) is 0. The van der Waals surface area contributed by atoms with Crippen LogP contribution in [-0.4, -0.2) is 25.4 Å². The Hall–Kier alpha value is -1.01. The Kier molecular flexibility index (Phi) is 4.26. The molecule has 3 atom stereocenters. The van der Waals surface area contributed by atoms with Crippen molar-refractivity contribution in [3.63, 3.8) is 0 Å². The number of nitrogens with one attached hydrogen (secondary N) is 1. The minimum absolute atomic E-state index is 0.189. The van der Waals surface area contributed by atoms with Gasteiger partial charge in [0.05, 0.1) is 18.2 Å². The van der Waals surface area contributed by atoms with Crippen molar-refractivity contribution in [2.75, 3.05) is 19.8 Å². The highest BCUT2D eigenvalue weighted by atomic mass is 19.1. The Bertz CT molecular complexity index is 503. The fourth-order valence-corrected chi connectivity index (χ4v) is 3.59. The third-order valence-electron chi connectivity index (χ3n) is 4.74. The molecule has 1 spiro atoms. The van der Waals surface area contributed by atoms with Crippen molar-refractivity contribution in [1.82, 2.24) is 5.43 Å². The molecule has 1 aromatic rings. The minimum atomic E-state index is -0.202. The van der Waals surface area contributed by atoms with Gasteiger partial charge in [0.25, 0.3) is 0 Å². The van der Waals surface area contributed by atoms with Gasteiger partial charge in [-0.15, -0.1) is 0 Å². The summed E-state index contributed by atoms with van der Waals surface area (Å²) in [6, 6.07) is 4.99. The van der Waals surface area contributed by atoms with E-state index in [1.165, 1.54) is 6.07 Å². The number of benzene rings is 1. The summed E-state index contributed by atoms with van der Waals surface area (Å²) in [5.74, 6) is 5.80. The summed E-state index contributed by atoms with van der Waals surface area (Å²) in [7, 11) is 0. The minimum Gasteiger partial charge on any atom is -0.378 e. The van der Waals surface area contributed by atoms with E-state index in [-0.39, 0.29) is 23.4 Å². The molecule has 5 heteroatoms. The van der Waals surface area contributed by atoms with Crippen LogP contribution in [0.2, 0.25) is 0 Å². The Balaban J connectivity index is 1.84. The summed E-state index contributed by atoms with van der Waals surface area (Å²) in [5.41, 5.74) is 4.32. The first-order valence-corrected chi connectivity index (χ1v) is 7.57. The quantitative estimate of drug-likeness (QED) is 0.663. The van der Waals surface area contributed by atoms with Gasteiger partial charge < -0.3 is 9.47 Å². The second-order valence-corrected chi connectivity index (χ2v) is 6.26. The van der Waals surface area contributed by atoms with Gasteiger partial charge >= 0.3 is 0 Å². The molecule has 2 aliphatic heterocycles. The average Bonchev–Trinajstić information content (AvgIpc) is 2.91. The van der Waals surface area contributed by atoms with Crippen LogP contribution in [0.5, 0.6) is 0 Å². The Morgan fingerprint density at radius 2 is 2.29 bits per heavy atom. The summed E-state index contributed by atoms with van der Waals surface area (Å²) in [6.45, 7) is 4.02. The summed E-state index contributed by atoms with van der Waals surface area (Å²) in [4.78, 5) is 0. The number of hydrogen-bond acceptors (Lipinski definition) is 4. The van der Waals surface area contributed by atoms with Gasteiger partial charge in [0.1, 0.15) is 5.82 Å². The standard InChI is InChI=1S/C16H23FN2O2/c1-11-2-3-14(17)13(8-11)15(19-18)12-4-6-21-16(9-12)5-7-20-10-16/h2-3,8,12,15,19H,4-7,9-10,18H2,1H3. The molecule has 0 bridgehead atoms. The van der Waals surface area contributed by atoms with Crippen LogP contribution in [0.1, 0.15) is 36.4 Å². The van der Waals surface area contributed by atoms with Gasteiger partial charge in [-0.2, -0.15) is 0 Å². The van der Waals surface area contributed by atoms with Crippen LogP contribution in [-0.2, 0) is 9.47 Å². The number of ether oxygens (including phenoxy) is 2. The predicted molar refractivity (Wildman–Crippen MR) is 78.0 cm³/mol. The van der Waals surface area contributed by atoms with E-state index >= 15 is 0 Å². The highest BCUT2D eigenvalue weighted by Crippen LogP contribution is 2.41. The number of rotatable bonds is 3. The van der Waals surface area contributed by atoms with Gasteiger partial charge in [-0.25, -0.2) is 4.39 Å². The topological polar surface area (TPSA) is 56.5 Å². The molecule has 2 heterocycles. The van der Waals surface area contributed by atoms with Gasteiger partial charge in [-0.05, 0) is 31.7 Å². The Labute approximate surface area is 124 Å². The van der Waals surface area contributed by atoms with Crippen molar-refractivity contribution in [3.05, 3.63) is 35.1 Å². The fourth-order valence-electron chi connectivity index (χ4n) is 3.59. The van der Waals surface area contributed by atoms with Crippen LogP contribution in [0.3, 0.4) is 0 Å². The molecule has 0 radical (unpaired) electrons. The van der Waals surface area contributed by atoms with Crippen molar-refractivity contribution in [1.29, 1.82) is 0 Å². The van der Waals surface area contributed by atoms with Crippen molar-refractivity contribution < 1.29 is 13.9 Å². The van der Waals surface area contributed by atoms with Crippen LogP contribution >= 0.6 is 0 Å². The van der Waals surface area contributed by atoms with E-state index in [0.29, 0.717) is 18.8 Å². The number of aryl methyl sites for hydroxylation is 1. The van der Waals surface area contributed by atoms with E-state index < -0.39 is 0 Å². The molecule has 0 aliphatic carbocycles. The van der Waals surface area contributed by atoms with Crippen LogP contribution in [0.25, 0.3) is 0 Å². The zero-order valence-corrected chi connectivity index (χ0v) is 12.4. The van der Waals surface area contributed by atoms with Gasteiger partial charge in [0, 0.05) is 25.2 Å². The lowest BCUT2D eigenvalue weighted by Crippen LogP contribution is -2.45. The maximum absolute atomic E-state index is 14.2. The molecule has 3 N–H and O–H groups in total. The summed E-state index contributed by atoms with van der Waals surface area (Å²) in [6.07, 6.45) is 2.65. The first-order chi connectivity index (χ1) is 10.1. The normalized spacial score (nSPS) is 30.7. The highest BCUT2D eigenvalue weighted by molar-refractivity contribution is 5.27. The first-order valence-electron chi connectivity index (χ1n) is 7.57. The summed E-state index contributed by atoms with van der Waals surface area (Å²) < 4.78 is 25.6. The van der Waals surface area contributed by atoms with Crippen molar-refractivity contribution in [2.24, 2.45) is 11.8 Å². The van der Waals surface area contributed by atoms with E-state index in [1.807, 2.05) is 13.0 Å². The average molecular weight is 294 g/mol. The number of nitrogens with two attached hydrogens (primary N) is 1. The maximum atomic E-state index is 14.2. The molecule has 3 unspecified atom stereocenters. The van der Waals surface area contributed by atoms with Gasteiger partial charge in [-0.3, -0.25) is 11.3 Å². The molecule has 3 rings (SSSR count). The van der Waals surface area contributed by atoms with Crippen LogP contribution < -0.4 is 11.3 Å². The molecule has 21 heavy (non-hydrogen) atoms. The van der Waals surface area contributed by atoms with Crippen LogP contribution in [0.15, 0.2) is 18.2 Å². The number of halogens is 1. The van der Waals surface area contributed by atoms with Crippen molar-refractivity contribution in [3.8, 4) is 0 Å². The van der Waals surface area contributed by atoms with Crippen molar-refractivity contribution >= 4 is 0 Å². The van der Waals surface area contributed by atoms with Gasteiger partial charge in [0.15, 0.2) is 0 Å². The zero-order valence-electron chi connectivity index (χ0n) is 12.4. The molecule has 116 valence electrons. The molecular weight excluding hydrogens is 271 g/mol. The fraction of sp³-hybridized carbons (Fsp3) is 0.625. The second kappa shape index (κ2) is 6.01.